The van der Waals surface area contributed by atoms with E-state index in [1.165, 1.54) is 17.2 Å². The van der Waals surface area contributed by atoms with Gasteiger partial charge in [-0.1, -0.05) is 48.0 Å². The van der Waals surface area contributed by atoms with E-state index in [-0.39, 0.29) is 11.6 Å². The molecule has 1 aliphatic heterocycles. The Kier molecular flexibility index (Phi) is 6.74. The monoisotopic (exact) mass is 461 g/mol. The zero-order valence-corrected chi connectivity index (χ0v) is 18.0. The van der Waals surface area contributed by atoms with Gasteiger partial charge in [-0.25, -0.2) is 0 Å². The Bertz CT molecular complexity index is 1090. The van der Waals surface area contributed by atoms with Gasteiger partial charge >= 0.3 is 6.18 Å². The topological polar surface area (TPSA) is 32.7 Å². The Morgan fingerprint density at radius 1 is 0.969 bits per heavy atom. The van der Waals surface area contributed by atoms with Crippen LogP contribution in [-0.2, 0) is 19.1 Å². The first-order valence-electron chi connectivity index (χ1n) is 10.4. The standard InChI is InChI=1S/C25H23ClF3NO2/c26-22-11-20(10-21(13-22)25(27,28)29)18-6-3-7-24(12-18)32-16-23(31)15-30-9-8-17-4-1-2-5-19(17)14-30/h1-7,10-13,23,31H,8-9,14-16H2. The van der Waals surface area contributed by atoms with E-state index in [9.17, 15) is 18.3 Å². The van der Waals surface area contributed by atoms with Crippen molar-refractivity contribution in [2.24, 2.45) is 0 Å². The molecular weight excluding hydrogens is 439 g/mol. The van der Waals surface area contributed by atoms with Gasteiger partial charge in [-0.3, -0.25) is 4.90 Å². The van der Waals surface area contributed by atoms with Crippen molar-refractivity contribution >= 4 is 11.6 Å². The SMILES string of the molecule is OC(COc1cccc(-c2cc(Cl)cc(C(F)(F)F)c2)c1)CN1CCc2ccccc2C1. The number of hydrogen-bond donors (Lipinski definition) is 1. The Morgan fingerprint density at radius 2 is 1.75 bits per heavy atom. The van der Waals surface area contributed by atoms with E-state index in [1.54, 1.807) is 24.3 Å². The van der Waals surface area contributed by atoms with E-state index in [0.717, 1.165) is 31.6 Å². The first-order chi connectivity index (χ1) is 15.3. The van der Waals surface area contributed by atoms with Crippen molar-refractivity contribution in [3.05, 3.63) is 88.4 Å². The summed E-state index contributed by atoms with van der Waals surface area (Å²) in [6.45, 7) is 2.24. The smallest absolute Gasteiger partial charge is 0.416 e. The Morgan fingerprint density at radius 3 is 2.53 bits per heavy atom. The highest BCUT2D eigenvalue weighted by molar-refractivity contribution is 6.31. The minimum Gasteiger partial charge on any atom is -0.491 e. The normalized spacial score (nSPS) is 15.3. The van der Waals surface area contributed by atoms with Gasteiger partial charge < -0.3 is 9.84 Å². The molecule has 168 valence electrons. The predicted molar refractivity (Wildman–Crippen MR) is 119 cm³/mol. The number of aliphatic hydroxyl groups is 1. The maximum atomic E-state index is 13.1. The van der Waals surface area contributed by atoms with Crippen LogP contribution in [0.2, 0.25) is 5.02 Å². The van der Waals surface area contributed by atoms with Crippen LogP contribution in [0.1, 0.15) is 16.7 Å². The third kappa shape index (κ3) is 5.63. The average Bonchev–Trinajstić information content (AvgIpc) is 2.77. The number of aliphatic hydroxyl groups excluding tert-OH is 1. The molecule has 0 aromatic heterocycles. The summed E-state index contributed by atoms with van der Waals surface area (Å²) in [6, 6.07) is 18.5. The first-order valence-corrected chi connectivity index (χ1v) is 10.7. The quantitative estimate of drug-likeness (QED) is 0.501. The summed E-state index contributed by atoms with van der Waals surface area (Å²) in [5, 5.41) is 10.5. The average molecular weight is 462 g/mol. The van der Waals surface area contributed by atoms with Gasteiger partial charge in [-0.15, -0.1) is 0 Å². The second-order valence-electron chi connectivity index (χ2n) is 7.97. The molecule has 1 heterocycles. The third-order valence-corrected chi connectivity index (χ3v) is 5.73. The van der Waals surface area contributed by atoms with Crippen molar-refractivity contribution in [1.82, 2.24) is 4.90 Å². The summed E-state index contributed by atoms with van der Waals surface area (Å²) in [4.78, 5) is 2.19. The van der Waals surface area contributed by atoms with Gasteiger partial charge in [0.2, 0.25) is 0 Å². The molecule has 0 bridgehead atoms. The highest BCUT2D eigenvalue weighted by Crippen LogP contribution is 2.35. The van der Waals surface area contributed by atoms with Crippen molar-refractivity contribution in [3.8, 4) is 16.9 Å². The molecule has 1 atom stereocenters. The van der Waals surface area contributed by atoms with Crippen LogP contribution >= 0.6 is 11.6 Å². The Hall–Kier alpha value is -2.54. The lowest BCUT2D eigenvalue weighted by atomic mass is 10.00. The molecule has 32 heavy (non-hydrogen) atoms. The number of ether oxygens (including phenoxy) is 1. The number of β-amino-alcohol motifs (C(OH)–C–C–N with tert-alkyl or cyclic N) is 1. The number of nitrogens with zero attached hydrogens (tertiary/aromatic N) is 1. The molecule has 1 N–H and O–H groups in total. The van der Waals surface area contributed by atoms with Gasteiger partial charge in [-0.2, -0.15) is 13.2 Å². The molecule has 0 aliphatic carbocycles. The fraction of sp³-hybridized carbons (Fsp3) is 0.280. The van der Waals surface area contributed by atoms with Crippen molar-refractivity contribution < 1.29 is 23.0 Å². The molecule has 0 fully saturated rings. The van der Waals surface area contributed by atoms with E-state index in [1.807, 2.05) is 12.1 Å². The van der Waals surface area contributed by atoms with E-state index in [2.05, 4.69) is 17.0 Å². The fourth-order valence-electron chi connectivity index (χ4n) is 3.94. The summed E-state index contributed by atoms with van der Waals surface area (Å²) in [5.41, 5.74) is 2.73. The lowest BCUT2D eigenvalue weighted by Gasteiger charge is -2.30. The highest BCUT2D eigenvalue weighted by atomic mass is 35.5. The zero-order valence-electron chi connectivity index (χ0n) is 17.3. The van der Waals surface area contributed by atoms with Gasteiger partial charge in [0.1, 0.15) is 18.5 Å². The molecule has 0 saturated carbocycles. The van der Waals surface area contributed by atoms with Crippen LogP contribution in [0.4, 0.5) is 13.2 Å². The molecule has 0 saturated heterocycles. The van der Waals surface area contributed by atoms with Crippen LogP contribution in [0.25, 0.3) is 11.1 Å². The molecule has 0 amide bonds. The fourth-order valence-corrected chi connectivity index (χ4v) is 4.17. The molecule has 3 aromatic rings. The number of benzene rings is 3. The summed E-state index contributed by atoms with van der Waals surface area (Å²) in [5.74, 6) is 0.471. The van der Waals surface area contributed by atoms with Gasteiger partial charge in [0.15, 0.2) is 0 Å². The van der Waals surface area contributed by atoms with E-state index in [4.69, 9.17) is 16.3 Å². The van der Waals surface area contributed by atoms with Crippen molar-refractivity contribution in [2.75, 3.05) is 19.7 Å². The van der Waals surface area contributed by atoms with Crippen LogP contribution < -0.4 is 4.74 Å². The molecule has 0 spiro atoms. The molecule has 4 rings (SSSR count). The number of hydrogen-bond acceptors (Lipinski definition) is 3. The minimum atomic E-state index is -4.48. The van der Waals surface area contributed by atoms with Gasteiger partial charge in [0.05, 0.1) is 5.56 Å². The molecule has 3 aromatic carbocycles. The Balaban J connectivity index is 1.38. The number of alkyl halides is 3. The summed E-state index contributed by atoms with van der Waals surface area (Å²) >= 11 is 5.90. The minimum absolute atomic E-state index is 0.0136. The lowest BCUT2D eigenvalue weighted by molar-refractivity contribution is -0.137. The summed E-state index contributed by atoms with van der Waals surface area (Å²) in [6.07, 6.45) is -4.22. The van der Waals surface area contributed by atoms with Crippen molar-refractivity contribution in [1.29, 1.82) is 0 Å². The highest BCUT2D eigenvalue weighted by Gasteiger charge is 2.31. The molecule has 1 aliphatic rings. The first kappa shape index (κ1) is 22.6. The van der Waals surface area contributed by atoms with Crippen LogP contribution in [0.3, 0.4) is 0 Å². The second-order valence-corrected chi connectivity index (χ2v) is 8.41. The van der Waals surface area contributed by atoms with Crippen LogP contribution in [-0.4, -0.2) is 35.8 Å². The third-order valence-electron chi connectivity index (χ3n) is 5.51. The molecule has 3 nitrogen and oxygen atoms in total. The number of fused-ring (bicyclic) bond motifs is 1. The van der Waals surface area contributed by atoms with Gasteiger partial charge in [-0.05, 0) is 59.0 Å². The second kappa shape index (κ2) is 9.53. The van der Waals surface area contributed by atoms with Crippen molar-refractivity contribution in [3.63, 3.8) is 0 Å². The van der Waals surface area contributed by atoms with Crippen molar-refractivity contribution in [2.45, 2.75) is 25.2 Å². The molecule has 1 unspecified atom stereocenters. The van der Waals surface area contributed by atoms with E-state index in [0.29, 0.717) is 23.4 Å². The van der Waals surface area contributed by atoms with E-state index >= 15 is 0 Å². The largest absolute Gasteiger partial charge is 0.491 e. The van der Waals surface area contributed by atoms with Gasteiger partial charge in [0, 0.05) is 24.7 Å². The van der Waals surface area contributed by atoms with Crippen LogP contribution in [0.15, 0.2) is 66.7 Å². The molecular formula is C25H23ClF3NO2. The number of rotatable bonds is 6. The Labute approximate surface area is 190 Å². The summed E-state index contributed by atoms with van der Waals surface area (Å²) < 4.78 is 45.1. The predicted octanol–water partition coefficient (Wildman–Crippen LogP) is 5.82. The maximum absolute atomic E-state index is 13.1. The summed E-state index contributed by atoms with van der Waals surface area (Å²) in [7, 11) is 0. The maximum Gasteiger partial charge on any atom is 0.416 e. The molecule has 0 radical (unpaired) electrons. The lowest BCUT2D eigenvalue weighted by Crippen LogP contribution is -2.38. The van der Waals surface area contributed by atoms with Crippen LogP contribution in [0, 0.1) is 0 Å². The number of halogens is 4. The van der Waals surface area contributed by atoms with Gasteiger partial charge in [0.25, 0.3) is 0 Å². The van der Waals surface area contributed by atoms with Crippen LogP contribution in [0.5, 0.6) is 5.75 Å². The molecule has 7 heteroatoms. The van der Waals surface area contributed by atoms with E-state index < -0.39 is 17.8 Å². The zero-order chi connectivity index (χ0) is 22.7.